The molecule has 0 radical (unpaired) electrons. The lowest BCUT2D eigenvalue weighted by atomic mass is 10.1. The van der Waals surface area contributed by atoms with Crippen LogP contribution in [0.4, 0.5) is 0 Å². The summed E-state index contributed by atoms with van der Waals surface area (Å²) in [5.74, 6) is 0. The van der Waals surface area contributed by atoms with Gasteiger partial charge in [0.2, 0.25) is 0 Å². The second kappa shape index (κ2) is 5.90. The Morgan fingerprint density at radius 2 is 1.67 bits per heavy atom. The summed E-state index contributed by atoms with van der Waals surface area (Å²) in [5, 5.41) is 11.9. The highest BCUT2D eigenvalue weighted by atomic mass is 32.1. The quantitative estimate of drug-likeness (QED) is 0.687. The molecular weight excluding hydrogens is 276 g/mol. The highest BCUT2D eigenvalue weighted by Crippen LogP contribution is 2.29. The first kappa shape index (κ1) is 13.5. The Balaban J connectivity index is 1.89. The average molecular weight is 290 g/mol. The Hall–Kier alpha value is -2.44. The first-order valence-electron chi connectivity index (χ1n) is 6.85. The van der Waals surface area contributed by atoms with Gasteiger partial charge >= 0.3 is 0 Å². The maximum Gasteiger partial charge on any atom is 0.124 e. The molecule has 0 bridgehead atoms. The summed E-state index contributed by atoms with van der Waals surface area (Å²) in [7, 11) is 0. The minimum absolute atomic E-state index is 0.671. The number of rotatable bonds is 3. The van der Waals surface area contributed by atoms with Crippen molar-refractivity contribution in [3.8, 4) is 27.9 Å². The molecule has 0 amide bonds. The number of thiazole rings is 1. The summed E-state index contributed by atoms with van der Waals surface area (Å²) in [4.78, 5) is 4.70. The summed E-state index contributed by atoms with van der Waals surface area (Å²) < 4.78 is 0. The van der Waals surface area contributed by atoms with Gasteiger partial charge in [0, 0.05) is 16.5 Å². The van der Waals surface area contributed by atoms with E-state index in [1.165, 1.54) is 5.56 Å². The predicted octanol–water partition coefficient (Wildman–Crippen LogP) is 4.91. The van der Waals surface area contributed by atoms with Crippen LogP contribution in [0.25, 0.3) is 21.8 Å². The molecule has 102 valence electrons. The van der Waals surface area contributed by atoms with E-state index >= 15 is 0 Å². The van der Waals surface area contributed by atoms with E-state index < -0.39 is 0 Å². The van der Waals surface area contributed by atoms with Crippen LogP contribution in [0.2, 0.25) is 0 Å². The van der Waals surface area contributed by atoms with Gasteiger partial charge in [-0.15, -0.1) is 11.3 Å². The standard InChI is InChI=1S/C18H14N2S/c1-2-13-3-9-16(10-4-13)18-20-17(12-21-18)15-7-5-14(11-19)6-8-15/h3-10,12H,2H2,1H3. The lowest BCUT2D eigenvalue weighted by molar-refractivity contribution is 1.14. The first-order chi connectivity index (χ1) is 10.3. The molecule has 2 nitrogen and oxygen atoms in total. The van der Waals surface area contributed by atoms with E-state index in [0.29, 0.717) is 5.56 Å². The maximum atomic E-state index is 8.83. The molecule has 0 saturated carbocycles. The van der Waals surface area contributed by atoms with Crippen molar-refractivity contribution in [3.63, 3.8) is 0 Å². The number of benzene rings is 2. The number of hydrogen-bond acceptors (Lipinski definition) is 3. The van der Waals surface area contributed by atoms with Crippen molar-refractivity contribution >= 4 is 11.3 Å². The summed E-state index contributed by atoms with van der Waals surface area (Å²) in [6.45, 7) is 2.15. The van der Waals surface area contributed by atoms with Crippen molar-refractivity contribution in [1.82, 2.24) is 4.98 Å². The molecule has 3 rings (SSSR count). The number of aromatic nitrogens is 1. The third kappa shape index (κ3) is 2.86. The van der Waals surface area contributed by atoms with Crippen molar-refractivity contribution < 1.29 is 0 Å². The predicted molar refractivity (Wildman–Crippen MR) is 87.1 cm³/mol. The van der Waals surface area contributed by atoms with E-state index in [9.17, 15) is 0 Å². The highest BCUT2D eigenvalue weighted by molar-refractivity contribution is 7.13. The van der Waals surface area contributed by atoms with Gasteiger partial charge in [0.15, 0.2) is 0 Å². The molecule has 0 unspecified atom stereocenters. The molecule has 2 aromatic carbocycles. The number of hydrogen-bond donors (Lipinski definition) is 0. The fraction of sp³-hybridized carbons (Fsp3) is 0.111. The van der Waals surface area contributed by atoms with Gasteiger partial charge < -0.3 is 0 Å². The molecule has 1 heterocycles. The fourth-order valence-electron chi connectivity index (χ4n) is 2.14. The van der Waals surface area contributed by atoms with E-state index in [4.69, 9.17) is 10.2 Å². The third-order valence-corrected chi connectivity index (χ3v) is 4.31. The van der Waals surface area contributed by atoms with Crippen molar-refractivity contribution in [2.24, 2.45) is 0 Å². The molecule has 0 atom stereocenters. The van der Waals surface area contributed by atoms with E-state index in [2.05, 4.69) is 42.6 Å². The van der Waals surface area contributed by atoms with Gasteiger partial charge in [-0.2, -0.15) is 5.26 Å². The molecular formula is C18H14N2S. The van der Waals surface area contributed by atoms with Crippen molar-refractivity contribution in [2.45, 2.75) is 13.3 Å². The molecule has 3 heteroatoms. The van der Waals surface area contributed by atoms with Crippen LogP contribution in [-0.2, 0) is 6.42 Å². The van der Waals surface area contributed by atoms with Crippen LogP contribution in [0.15, 0.2) is 53.9 Å². The van der Waals surface area contributed by atoms with Crippen LogP contribution in [0.1, 0.15) is 18.1 Å². The Morgan fingerprint density at radius 1 is 1.00 bits per heavy atom. The van der Waals surface area contributed by atoms with Crippen LogP contribution in [0.3, 0.4) is 0 Å². The fourth-order valence-corrected chi connectivity index (χ4v) is 2.97. The smallest absolute Gasteiger partial charge is 0.124 e. The minimum atomic E-state index is 0.671. The largest absolute Gasteiger partial charge is 0.236 e. The van der Waals surface area contributed by atoms with Gasteiger partial charge in [0.1, 0.15) is 5.01 Å². The van der Waals surface area contributed by atoms with Crippen LogP contribution >= 0.6 is 11.3 Å². The molecule has 0 aliphatic heterocycles. The molecule has 1 aromatic heterocycles. The van der Waals surface area contributed by atoms with E-state index in [1.54, 1.807) is 11.3 Å². The maximum absolute atomic E-state index is 8.83. The van der Waals surface area contributed by atoms with Gasteiger partial charge in [0.05, 0.1) is 17.3 Å². The van der Waals surface area contributed by atoms with E-state index in [0.717, 1.165) is 28.2 Å². The summed E-state index contributed by atoms with van der Waals surface area (Å²) in [6.07, 6.45) is 1.05. The molecule has 0 fully saturated rings. The zero-order valence-corrected chi connectivity index (χ0v) is 12.5. The van der Waals surface area contributed by atoms with Gasteiger partial charge in [0.25, 0.3) is 0 Å². The Kier molecular flexibility index (Phi) is 3.81. The Bertz CT molecular complexity index is 777. The molecule has 0 aliphatic carbocycles. The molecule has 0 N–H and O–H groups in total. The van der Waals surface area contributed by atoms with Crippen LogP contribution < -0.4 is 0 Å². The van der Waals surface area contributed by atoms with Crippen LogP contribution in [0.5, 0.6) is 0 Å². The summed E-state index contributed by atoms with van der Waals surface area (Å²) in [5.41, 5.74) is 5.16. The Morgan fingerprint density at radius 3 is 2.29 bits per heavy atom. The van der Waals surface area contributed by atoms with Gasteiger partial charge in [-0.25, -0.2) is 4.98 Å². The van der Waals surface area contributed by atoms with E-state index in [1.807, 2.05) is 24.3 Å². The van der Waals surface area contributed by atoms with E-state index in [-0.39, 0.29) is 0 Å². The Labute approximate surface area is 128 Å². The summed E-state index contributed by atoms with van der Waals surface area (Å²) >= 11 is 1.64. The second-order valence-corrected chi connectivity index (χ2v) is 5.64. The third-order valence-electron chi connectivity index (χ3n) is 3.42. The number of nitriles is 1. The van der Waals surface area contributed by atoms with Crippen molar-refractivity contribution in [3.05, 3.63) is 65.0 Å². The average Bonchev–Trinajstić information content (AvgIpc) is 3.05. The lowest BCUT2D eigenvalue weighted by Gasteiger charge is -1.99. The van der Waals surface area contributed by atoms with Gasteiger partial charge in [-0.1, -0.05) is 43.3 Å². The zero-order chi connectivity index (χ0) is 14.7. The summed E-state index contributed by atoms with van der Waals surface area (Å²) in [6, 6.07) is 18.2. The molecule has 21 heavy (non-hydrogen) atoms. The van der Waals surface area contributed by atoms with Gasteiger partial charge in [-0.3, -0.25) is 0 Å². The molecule has 0 spiro atoms. The first-order valence-corrected chi connectivity index (χ1v) is 7.73. The minimum Gasteiger partial charge on any atom is -0.236 e. The molecule has 0 aliphatic rings. The van der Waals surface area contributed by atoms with Gasteiger partial charge in [-0.05, 0) is 24.1 Å². The molecule has 3 aromatic rings. The lowest BCUT2D eigenvalue weighted by Crippen LogP contribution is -1.82. The normalized spacial score (nSPS) is 10.3. The van der Waals surface area contributed by atoms with Crippen molar-refractivity contribution in [2.75, 3.05) is 0 Å². The SMILES string of the molecule is CCc1ccc(-c2nc(-c3ccc(C#N)cc3)cs2)cc1. The van der Waals surface area contributed by atoms with Crippen LogP contribution in [-0.4, -0.2) is 4.98 Å². The monoisotopic (exact) mass is 290 g/mol. The number of nitrogens with zero attached hydrogens (tertiary/aromatic N) is 2. The molecule has 0 saturated heterocycles. The second-order valence-electron chi connectivity index (χ2n) is 4.78. The van der Waals surface area contributed by atoms with Crippen LogP contribution in [0, 0.1) is 11.3 Å². The zero-order valence-electron chi connectivity index (χ0n) is 11.7. The number of aryl methyl sites for hydroxylation is 1. The highest BCUT2D eigenvalue weighted by Gasteiger charge is 2.06. The van der Waals surface area contributed by atoms with Crippen molar-refractivity contribution in [1.29, 1.82) is 5.26 Å². The topological polar surface area (TPSA) is 36.7 Å².